The van der Waals surface area contributed by atoms with Gasteiger partial charge in [-0.2, -0.15) is 0 Å². The molecular weight excluding hydrogens is 367 g/mol. The molecule has 2 amide bonds. The lowest BCUT2D eigenvalue weighted by atomic mass is 9.95. The SMILES string of the molecule is O=C(NCCc1cccc(F)c1)C1CCN(C(=O)c2ccc(Cl)cc2)CC1. The Balaban J connectivity index is 1.43. The summed E-state index contributed by atoms with van der Waals surface area (Å²) in [7, 11) is 0. The summed E-state index contributed by atoms with van der Waals surface area (Å²) in [4.78, 5) is 26.6. The van der Waals surface area contributed by atoms with Gasteiger partial charge in [0, 0.05) is 36.1 Å². The van der Waals surface area contributed by atoms with E-state index in [2.05, 4.69) is 5.32 Å². The van der Waals surface area contributed by atoms with Crippen LogP contribution < -0.4 is 5.32 Å². The first kappa shape index (κ1) is 19.4. The van der Waals surface area contributed by atoms with Crippen molar-refractivity contribution in [3.05, 3.63) is 70.5 Å². The van der Waals surface area contributed by atoms with Crippen LogP contribution in [0.2, 0.25) is 5.02 Å². The zero-order valence-electron chi connectivity index (χ0n) is 15.0. The highest BCUT2D eigenvalue weighted by Gasteiger charge is 2.27. The predicted octanol–water partition coefficient (Wildman–Crippen LogP) is 3.69. The van der Waals surface area contributed by atoms with Gasteiger partial charge in [0.25, 0.3) is 5.91 Å². The zero-order valence-corrected chi connectivity index (χ0v) is 15.7. The first-order valence-electron chi connectivity index (χ1n) is 9.10. The second kappa shape index (κ2) is 9.00. The molecule has 1 aliphatic heterocycles. The molecule has 27 heavy (non-hydrogen) atoms. The van der Waals surface area contributed by atoms with Crippen molar-refractivity contribution in [3.8, 4) is 0 Å². The number of nitrogens with one attached hydrogen (secondary N) is 1. The molecule has 1 heterocycles. The highest BCUT2D eigenvalue weighted by molar-refractivity contribution is 6.30. The number of halogens is 2. The number of nitrogens with zero attached hydrogens (tertiary/aromatic N) is 1. The van der Waals surface area contributed by atoms with Gasteiger partial charge in [0.1, 0.15) is 5.82 Å². The fraction of sp³-hybridized carbons (Fsp3) is 0.333. The molecular formula is C21H22ClFN2O2. The van der Waals surface area contributed by atoms with E-state index in [4.69, 9.17) is 11.6 Å². The number of hydrogen-bond donors (Lipinski definition) is 1. The van der Waals surface area contributed by atoms with Crippen molar-refractivity contribution in [2.24, 2.45) is 5.92 Å². The van der Waals surface area contributed by atoms with Crippen LogP contribution in [0.1, 0.15) is 28.8 Å². The maximum absolute atomic E-state index is 13.2. The Hall–Kier alpha value is -2.40. The molecule has 0 atom stereocenters. The average Bonchev–Trinajstić information content (AvgIpc) is 2.68. The number of benzene rings is 2. The van der Waals surface area contributed by atoms with Crippen molar-refractivity contribution in [1.82, 2.24) is 10.2 Å². The van der Waals surface area contributed by atoms with E-state index in [9.17, 15) is 14.0 Å². The predicted molar refractivity (Wildman–Crippen MR) is 103 cm³/mol. The molecule has 4 nitrogen and oxygen atoms in total. The van der Waals surface area contributed by atoms with Crippen molar-refractivity contribution in [2.45, 2.75) is 19.3 Å². The molecule has 1 aliphatic rings. The van der Waals surface area contributed by atoms with Gasteiger partial charge >= 0.3 is 0 Å². The second-order valence-corrected chi connectivity index (χ2v) is 7.18. The first-order valence-corrected chi connectivity index (χ1v) is 9.48. The summed E-state index contributed by atoms with van der Waals surface area (Å²) in [5.41, 5.74) is 1.47. The lowest BCUT2D eigenvalue weighted by Gasteiger charge is -2.31. The van der Waals surface area contributed by atoms with E-state index in [0.29, 0.717) is 49.5 Å². The number of likely N-dealkylation sites (tertiary alicyclic amines) is 1. The molecule has 6 heteroatoms. The van der Waals surface area contributed by atoms with Crippen LogP contribution in [0.25, 0.3) is 0 Å². The molecule has 0 unspecified atom stereocenters. The summed E-state index contributed by atoms with van der Waals surface area (Å²) < 4.78 is 13.2. The fourth-order valence-corrected chi connectivity index (χ4v) is 3.41. The first-order chi connectivity index (χ1) is 13.0. The van der Waals surface area contributed by atoms with Crippen molar-refractivity contribution in [1.29, 1.82) is 0 Å². The zero-order chi connectivity index (χ0) is 19.2. The maximum Gasteiger partial charge on any atom is 0.253 e. The molecule has 1 fully saturated rings. The Morgan fingerprint density at radius 1 is 1.11 bits per heavy atom. The number of amides is 2. The molecule has 0 bridgehead atoms. The van der Waals surface area contributed by atoms with Crippen molar-refractivity contribution in [3.63, 3.8) is 0 Å². The molecule has 142 valence electrons. The van der Waals surface area contributed by atoms with Crippen LogP contribution in [0.3, 0.4) is 0 Å². The summed E-state index contributed by atoms with van der Waals surface area (Å²) >= 11 is 5.86. The van der Waals surface area contributed by atoms with Crippen LogP contribution in [0.4, 0.5) is 4.39 Å². The topological polar surface area (TPSA) is 49.4 Å². The van der Waals surface area contributed by atoms with E-state index in [-0.39, 0.29) is 23.5 Å². The Morgan fingerprint density at radius 2 is 1.81 bits per heavy atom. The van der Waals surface area contributed by atoms with Crippen LogP contribution >= 0.6 is 11.6 Å². The van der Waals surface area contributed by atoms with Gasteiger partial charge in [-0.25, -0.2) is 4.39 Å². The van der Waals surface area contributed by atoms with Crippen LogP contribution in [0.5, 0.6) is 0 Å². The summed E-state index contributed by atoms with van der Waals surface area (Å²) in [6.45, 7) is 1.60. The normalized spacial score (nSPS) is 14.8. The minimum atomic E-state index is -0.267. The molecule has 0 radical (unpaired) electrons. The molecule has 0 spiro atoms. The Kier molecular flexibility index (Phi) is 6.45. The standard InChI is InChI=1S/C21H22ClFN2O2/c22-18-6-4-17(5-7-18)21(27)25-12-9-16(10-13-25)20(26)24-11-8-15-2-1-3-19(23)14-15/h1-7,14,16H,8-13H2,(H,24,26). The molecule has 0 saturated carbocycles. The maximum atomic E-state index is 13.2. The molecule has 2 aromatic rings. The third kappa shape index (κ3) is 5.30. The number of carbonyl (C=O) groups excluding carboxylic acids is 2. The molecule has 1 N–H and O–H groups in total. The summed E-state index contributed by atoms with van der Waals surface area (Å²) in [5, 5.41) is 3.52. The van der Waals surface area contributed by atoms with Crippen LogP contribution in [0.15, 0.2) is 48.5 Å². The van der Waals surface area contributed by atoms with Gasteiger partial charge in [-0.1, -0.05) is 23.7 Å². The van der Waals surface area contributed by atoms with Gasteiger partial charge in [-0.3, -0.25) is 9.59 Å². The summed E-state index contributed by atoms with van der Waals surface area (Å²) in [6.07, 6.45) is 1.88. The van der Waals surface area contributed by atoms with Crippen LogP contribution in [-0.2, 0) is 11.2 Å². The summed E-state index contributed by atoms with van der Waals surface area (Å²) in [5.74, 6) is -0.384. The van der Waals surface area contributed by atoms with Crippen LogP contribution in [0, 0.1) is 11.7 Å². The molecule has 3 rings (SSSR count). The smallest absolute Gasteiger partial charge is 0.253 e. The number of piperidine rings is 1. The van der Waals surface area contributed by atoms with E-state index < -0.39 is 0 Å². The Labute approximate surface area is 163 Å². The Morgan fingerprint density at radius 3 is 2.48 bits per heavy atom. The van der Waals surface area contributed by atoms with Gasteiger partial charge in [0.05, 0.1) is 0 Å². The third-order valence-electron chi connectivity index (χ3n) is 4.85. The highest BCUT2D eigenvalue weighted by Crippen LogP contribution is 2.20. The van der Waals surface area contributed by atoms with E-state index in [1.807, 2.05) is 6.07 Å². The minimum absolute atomic E-state index is 0.00462. The second-order valence-electron chi connectivity index (χ2n) is 6.74. The molecule has 2 aromatic carbocycles. The summed E-state index contributed by atoms with van der Waals surface area (Å²) in [6, 6.07) is 13.2. The van der Waals surface area contributed by atoms with Crippen molar-refractivity contribution in [2.75, 3.05) is 19.6 Å². The van der Waals surface area contributed by atoms with Gasteiger partial charge in [-0.05, 0) is 61.2 Å². The molecule has 0 aliphatic carbocycles. The highest BCUT2D eigenvalue weighted by atomic mass is 35.5. The van der Waals surface area contributed by atoms with E-state index in [0.717, 1.165) is 5.56 Å². The number of carbonyl (C=O) groups is 2. The molecule has 0 aromatic heterocycles. The van der Waals surface area contributed by atoms with Crippen molar-refractivity contribution < 1.29 is 14.0 Å². The quantitative estimate of drug-likeness (QED) is 0.849. The van der Waals surface area contributed by atoms with Crippen molar-refractivity contribution >= 4 is 23.4 Å². The third-order valence-corrected chi connectivity index (χ3v) is 5.10. The van der Waals surface area contributed by atoms with Gasteiger partial charge < -0.3 is 10.2 Å². The fourth-order valence-electron chi connectivity index (χ4n) is 3.29. The van der Waals surface area contributed by atoms with Crippen LogP contribution in [-0.4, -0.2) is 36.3 Å². The molecule has 1 saturated heterocycles. The lowest BCUT2D eigenvalue weighted by Crippen LogP contribution is -2.43. The van der Waals surface area contributed by atoms with E-state index in [1.54, 1.807) is 35.2 Å². The van der Waals surface area contributed by atoms with E-state index in [1.165, 1.54) is 12.1 Å². The van der Waals surface area contributed by atoms with E-state index >= 15 is 0 Å². The number of hydrogen-bond acceptors (Lipinski definition) is 2. The van der Waals surface area contributed by atoms with Gasteiger partial charge in [-0.15, -0.1) is 0 Å². The minimum Gasteiger partial charge on any atom is -0.356 e. The van der Waals surface area contributed by atoms with Gasteiger partial charge in [0.15, 0.2) is 0 Å². The average molecular weight is 389 g/mol. The largest absolute Gasteiger partial charge is 0.356 e. The Bertz CT molecular complexity index is 802. The number of rotatable bonds is 5. The monoisotopic (exact) mass is 388 g/mol. The van der Waals surface area contributed by atoms with Gasteiger partial charge in [0.2, 0.25) is 5.91 Å². The lowest BCUT2D eigenvalue weighted by molar-refractivity contribution is -0.126.